The molecule has 0 bridgehead atoms. The lowest BCUT2D eigenvalue weighted by Crippen LogP contribution is -2.41. The Hall–Kier alpha value is -2.17. The van der Waals surface area contributed by atoms with Crippen LogP contribution in [0.5, 0.6) is 0 Å². The van der Waals surface area contributed by atoms with Gasteiger partial charge >= 0.3 is 0 Å². The van der Waals surface area contributed by atoms with Crippen molar-refractivity contribution in [3.05, 3.63) is 47.0 Å². The van der Waals surface area contributed by atoms with Gasteiger partial charge in [-0.3, -0.25) is 9.79 Å². The molecular formula is C20H30IN7O. The molecule has 29 heavy (non-hydrogen) atoms. The Morgan fingerprint density at radius 3 is 2.97 bits per heavy atom. The minimum absolute atomic E-state index is 0. The Kier molecular flexibility index (Phi) is 8.87. The van der Waals surface area contributed by atoms with E-state index in [4.69, 9.17) is 4.99 Å². The van der Waals surface area contributed by atoms with E-state index in [1.165, 1.54) is 0 Å². The van der Waals surface area contributed by atoms with Crippen LogP contribution in [0.1, 0.15) is 53.4 Å². The molecule has 8 nitrogen and oxygen atoms in total. The van der Waals surface area contributed by atoms with Gasteiger partial charge in [0.05, 0.1) is 6.04 Å². The van der Waals surface area contributed by atoms with Gasteiger partial charge in [-0.25, -0.2) is 9.67 Å². The van der Waals surface area contributed by atoms with Crippen LogP contribution in [0.25, 0.3) is 0 Å². The molecule has 3 rings (SSSR count). The smallest absolute Gasteiger partial charge is 0.251 e. The average Bonchev–Trinajstić information content (AvgIpc) is 3.09. The van der Waals surface area contributed by atoms with Crippen LogP contribution in [0, 0.1) is 6.92 Å². The van der Waals surface area contributed by atoms with E-state index >= 15 is 0 Å². The molecule has 3 N–H and O–H groups in total. The third kappa shape index (κ3) is 6.15. The van der Waals surface area contributed by atoms with Gasteiger partial charge in [0.2, 0.25) is 0 Å². The van der Waals surface area contributed by atoms with Crippen molar-refractivity contribution in [1.29, 1.82) is 0 Å². The molecule has 1 aliphatic rings. The first-order chi connectivity index (χ1) is 13.6. The van der Waals surface area contributed by atoms with E-state index in [-0.39, 0.29) is 35.9 Å². The standard InChI is InChI=1S/C20H29N7O.HI/c1-4-22-20(25-17-9-6-12-27-18(17)24-14(2)26-27)23-11-10-15-7-5-8-16(13-15)19(28)21-3;/h5,7-8,13,17H,4,6,9-12H2,1-3H3,(H,21,28)(H2,22,23,25);1H. The molecule has 0 radical (unpaired) electrons. The fourth-order valence-electron chi connectivity index (χ4n) is 3.40. The molecule has 1 aromatic carbocycles. The van der Waals surface area contributed by atoms with Crippen molar-refractivity contribution in [3.8, 4) is 0 Å². The monoisotopic (exact) mass is 511 g/mol. The highest BCUT2D eigenvalue weighted by molar-refractivity contribution is 14.0. The van der Waals surface area contributed by atoms with Gasteiger partial charge in [0.1, 0.15) is 11.6 Å². The second-order valence-electron chi connectivity index (χ2n) is 6.87. The van der Waals surface area contributed by atoms with Gasteiger partial charge in [-0.05, 0) is 50.8 Å². The summed E-state index contributed by atoms with van der Waals surface area (Å²) >= 11 is 0. The van der Waals surface area contributed by atoms with Gasteiger partial charge in [-0.1, -0.05) is 12.1 Å². The van der Waals surface area contributed by atoms with E-state index in [0.29, 0.717) is 12.1 Å². The van der Waals surface area contributed by atoms with E-state index in [1.54, 1.807) is 7.05 Å². The molecule has 1 aliphatic heterocycles. The van der Waals surface area contributed by atoms with Gasteiger partial charge in [-0.2, -0.15) is 5.10 Å². The van der Waals surface area contributed by atoms with Crippen molar-refractivity contribution >= 4 is 35.8 Å². The maximum atomic E-state index is 11.8. The van der Waals surface area contributed by atoms with Gasteiger partial charge in [0.15, 0.2) is 5.96 Å². The number of fused-ring (bicyclic) bond motifs is 1. The summed E-state index contributed by atoms with van der Waals surface area (Å²) in [5, 5.41) is 13.9. The van der Waals surface area contributed by atoms with Crippen LogP contribution >= 0.6 is 24.0 Å². The molecule has 0 saturated heterocycles. The number of carbonyl (C=O) groups excluding carboxylic acids is 1. The van der Waals surface area contributed by atoms with Crippen LogP contribution in [-0.4, -0.2) is 46.8 Å². The second kappa shape index (κ2) is 11.1. The number of nitrogens with zero attached hydrogens (tertiary/aromatic N) is 4. The van der Waals surface area contributed by atoms with Crippen LogP contribution in [0.15, 0.2) is 29.3 Å². The fraction of sp³-hybridized carbons (Fsp3) is 0.500. The van der Waals surface area contributed by atoms with Crippen LogP contribution in [-0.2, 0) is 13.0 Å². The number of aliphatic imine (C=N–C) groups is 1. The lowest BCUT2D eigenvalue weighted by atomic mass is 10.1. The van der Waals surface area contributed by atoms with Gasteiger partial charge in [0.25, 0.3) is 5.91 Å². The van der Waals surface area contributed by atoms with E-state index in [0.717, 1.165) is 55.5 Å². The minimum Gasteiger partial charge on any atom is -0.357 e. The summed E-state index contributed by atoms with van der Waals surface area (Å²) in [4.78, 5) is 21.1. The number of amides is 1. The summed E-state index contributed by atoms with van der Waals surface area (Å²) in [6.45, 7) is 6.32. The van der Waals surface area contributed by atoms with Crippen LogP contribution < -0.4 is 16.0 Å². The Labute approximate surface area is 189 Å². The summed E-state index contributed by atoms with van der Waals surface area (Å²) in [7, 11) is 1.64. The van der Waals surface area contributed by atoms with Crippen LogP contribution in [0.3, 0.4) is 0 Å². The van der Waals surface area contributed by atoms with Gasteiger partial charge in [-0.15, -0.1) is 24.0 Å². The molecule has 9 heteroatoms. The molecule has 2 heterocycles. The van der Waals surface area contributed by atoms with Gasteiger partial charge < -0.3 is 16.0 Å². The summed E-state index contributed by atoms with van der Waals surface area (Å²) in [6, 6.07) is 7.78. The van der Waals surface area contributed by atoms with Crippen LogP contribution in [0.4, 0.5) is 0 Å². The molecule has 0 spiro atoms. The van der Waals surface area contributed by atoms with Crippen molar-refractivity contribution in [3.63, 3.8) is 0 Å². The average molecular weight is 511 g/mol. The topological polar surface area (TPSA) is 96.2 Å². The van der Waals surface area contributed by atoms with Crippen molar-refractivity contribution in [2.24, 2.45) is 4.99 Å². The lowest BCUT2D eigenvalue weighted by Gasteiger charge is -2.25. The predicted molar refractivity (Wildman–Crippen MR) is 125 cm³/mol. The van der Waals surface area contributed by atoms with E-state index < -0.39 is 0 Å². The number of hydrogen-bond acceptors (Lipinski definition) is 4. The summed E-state index contributed by atoms with van der Waals surface area (Å²) in [5.74, 6) is 2.50. The summed E-state index contributed by atoms with van der Waals surface area (Å²) < 4.78 is 1.99. The van der Waals surface area contributed by atoms with E-state index in [1.807, 2.05) is 35.9 Å². The number of nitrogens with one attached hydrogen (secondary N) is 3. The van der Waals surface area contributed by atoms with Crippen molar-refractivity contribution < 1.29 is 4.79 Å². The maximum absolute atomic E-state index is 11.8. The number of aryl methyl sites for hydroxylation is 2. The quantitative estimate of drug-likeness (QED) is 0.314. The lowest BCUT2D eigenvalue weighted by molar-refractivity contribution is 0.0963. The number of aromatic nitrogens is 3. The Balaban J connectivity index is 0.00000300. The largest absolute Gasteiger partial charge is 0.357 e. The SMILES string of the molecule is CCNC(=NCCc1cccc(C(=O)NC)c1)NC1CCCn2nc(C)nc21.I. The summed E-state index contributed by atoms with van der Waals surface area (Å²) in [5.41, 5.74) is 1.76. The highest BCUT2D eigenvalue weighted by Gasteiger charge is 2.24. The fourth-order valence-corrected chi connectivity index (χ4v) is 3.40. The molecule has 1 aromatic heterocycles. The van der Waals surface area contributed by atoms with E-state index in [9.17, 15) is 4.79 Å². The molecule has 1 atom stereocenters. The highest BCUT2D eigenvalue weighted by Crippen LogP contribution is 2.22. The maximum Gasteiger partial charge on any atom is 0.251 e. The van der Waals surface area contributed by atoms with Crippen molar-refractivity contribution in [1.82, 2.24) is 30.7 Å². The number of guanidine groups is 1. The molecule has 1 amide bonds. The molecule has 2 aromatic rings. The number of benzene rings is 1. The molecule has 158 valence electrons. The van der Waals surface area contributed by atoms with E-state index in [2.05, 4.69) is 33.0 Å². The Bertz CT molecular complexity index is 849. The summed E-state index contributed by atoms with van der Waals surface area (Å²) in [6.07, 6.45) is 2.84. The number of rotatable bonds is 6. The molecular weight excluding hydrogens is 481 g/mol. The molecule has 1 unspecified atom stereocenters. The first kappa shape index (κ1) is 23.1. The minimum atomic E-state index is -0.0722. The molecule has 0 saturated carbocycles. The zero-order valence-electron chi connectivity index (χ0n) is 17.2. The first-order valence-electron chi connectivity index (χ1n) is 9.88. The zero-order chi connectivity index (χ0) is 19.9. The van der Waals surface area contributed by atoms with Crippen molar-refractivity contribution in [2.75, 3.05) is 20.1 Å². The molecule has 0 fully saturated rings. The second-order valence-corrected chi connectivity index (χ2v) is 6.87. The van der Waals surface area contributed by atoms with Crippen molar-refractivity contribution in [2.45, 2.75) is 45.7 Å². The van der Waals surface area contributed by atoms with Gasteiger partial charge in [0, 0.05) is 32.2 Å². The first-order valence-corrected chi connectivity index (χ1v) is 9.88. The third-order valence-corrected chi connectivity index (χ3v) is 4.72. The predicted octanol–water partition coefficient (Wildman–Crippen LogP) is 2.20. The normalized spacial score (nSPS) is 15.8. The Morgan fingerprint density at radius 1 is 1.38 bits per heavy atom. The molecule has 0 aliphatic carbocycles. The third-order valence-electron chi connectivity index (χ3n) is 4.72. The number of halogens is 1. The Morgan fingerprint density at radius 2 is 2.21 bits per heavy atom. The van der Waals surface area contributed by atoms with Crippen LogP contribution in [0.2, 0.25) is 0 Å². The zero-order valence-corrected chi connectivity index (χ0v) is 19.6. The highest BCUT2D eigenvalue weighted by atomic mass is 127. The number of carbonyl (C=O) groups is 1. The number of hydrogen-bond donors (Lipinski definition) is 3.